The SMILES string of the molecule is O=C(/C=C/c1cccs1)NNC(=O)c1ccncc1. The van der Waals surface area contributed by atoms with E-state index in [2.05, 4.69) is 15.8 Å². The molecule has 0 unspecified atom stereocenters. The van der Waals surface area contributed by atoms with Gasteiger partial charge in [-0.25, -0.2) is 0 Å². The van der Waals surface area contributed by atoms with Gasteiger partial charge in [0.15, 0.2) is 0 Å². The number of hydrazine groups is 1. The molecule has 6 heteroatoms. The van der Waals surface area contributed by atoms with E-state index in [1.807, 2.05) is 17.5 Å². The monoisotopic (exact) mass is 273 g/mol. The van der Waals surface area contributed by atoms with Crippen molar-refractivity contribution in [3.8, 4) is 0 Å². The number of amides is 2. The molecule has 0 atom stereocenters. The number of pyridine rings is 1. The van der Waals surface area contributed by atoms with Gasteiger partial charge in [-0.3, -0.25) is 25.4 Å². The number of hydrogen-bond acceptors (Lipinski definition) is 4. The van der Waals surface area contributed by atoms with Gasteiger partial charge < -0.3 is 0 Å². The zero-order valence-corrected chi connectivity index (χ0v) is 10.7. The Labute approximate surface area is 114 Å². The van der Waals surface area contributed by atoms with Gasteiger partial charge in [-0.2, -0.15) is 0 Å². The third-order valence-corrected chi connectivity index (χ3v) is 3.02. The Balaban J connectivity index is 1.82. The van der Waals surface area contributed by atoms with Crippen molar-refractivity contribution < 1.29 is 9.59 Å². The molecule has 5 nitrogen and oxygen atoms in total. The summed E-state index contributed by atoms with van der Waals surface area (Å²) in [5.74, 6) is -0.781. The molecular formula is C13H11N3O2S. The number of thiophene rings is 1. The Kier molecular flexibility index (Phi) is 4.41. The van der Waals surface area contributed by atoms with Gasteiger partial charge in [0.05, 0.1) is 0 Å². The maximum atomic E-state index is 11.6. The second-order valence-electron chi connectivity index (χ2n) is 3.53. The van der Waals surface area contributed by atoms with Crippen molar-refractivity contribution in [1.29, 1.82) is 0 Å². The van der Waals surface area contributed by atoms with E-state index in [0.717, 1.165) is 4.88 Å². The van der Waals surface area contributed by atoms with Gasteiger partial charge in [0.1, 0.15) is 0 Å². The van der Waals surface area contributed by atoms with Crippen LogP contribution in [0.5, 0.6) is 0 Å². The largest absolute Gasteiger partial charge is 0.269 e. The van der Waals surface area contributed by atoms with Crippen molar-refractivity contribution >= 4 is 29.2 Å². The Bertz CT molecular complexity index is 579. The van der Waals surface area contributed by atoms with Gasteiger partial charge in [-0.15, -0.1) is 11.3 Å². The highest BCUT2D eigenvalue weighted by Gasteiger charge is 2.04. The van der Waals surface area contributed by atoms with Crippen molar-refractivity contribution in [2.45, 2.75) is 0 Å². The first-order chi connectivity index (χ1) is 9.25. The minimum atomic E-state index is -0.393. The van der Waals surface area contributed by atoms with E-state index in [4.69, 9.17) is 0 Å². The smallest absolute Gasteiger partial charge is 0.268 e. The summed E-state index contributed by atoms with van der Waals surface area (Å²) in [6.45, 7) is 0. The van der Waals surface area contributed by atoms with Gasteiger partial charge in [0, 0.05) is 28.9 Å². The van der Waals surface area contributed by atoms with E-state index in [1.165, 1.54) is 29.8 Å². The summed E-state index contributed by atoms with van der Waals surface area (Å²) in [5, 5.41) is 1.92. The highest BCUT2D eigenvalue weighted by molar-refractivity contribution is 7.10. The quantitative estimate of drug-likeness (QED) is 0.659. The molecule has 2 aromatic heterocycles. The summed E-state index contributed by atoms with van der Waals surface area (Å²) in [6.07, 6.45) is 6.05. The van der Waals surface area contributed by atoms with Gasteiger partial charge in [0.2, 0.25) is 0 Å². The maximum absolute atomic E-state index is 11.6. The second kappa shape index (κ2) is 6.46. The van der Waals surface area contributed by atoms with E-state index in [1.54, 1.807) is 18.2 Å². The minimum absolute atomic E-state index is 0.389. The average molecular weight is 273 g/mol. The lowest BCUT2D eigenvalue weighted by atomic mass is 10.3. The zero-order chi connectivity index (χ0) is 13.5. The fraction of sp³-hybridized carbons (Fsp3) is 0. The number of hydrogen-bond donors (Lipinski definition) is 2. The topological polar surface area (TPSA) is 71.1 Å². The van der Waals surface area contributed by atoms with Crippen LogP contribution in [0.15, 0.2) is 48.1 Å². The Morgan fingerprint density at radius 3 is 2.63 bits per heavy atom. The molecule has 0 saturated heterocycles. The van der Waals surface area contributed by atoms with Gasteiger partial charge in [-0.05, 0) is 29.7 Å². The van der Waals surface area contributed by atoms with Crippen molar-refractivity contribution in [2.75, 3.05) is 0 Å². The van der Waals surface area contributed by atoms with Crippen molar-refractivity contribution in [3.05, 3.63) is 58.6 Å². The highest BCUT2D eigenvalue weighted by atomic mass is 32.1. The zero-order valence-electron chi connectivity index (χ0n) is 9.87. The lowest BCUT2D eigenvalue weighted by molar-refractivity contribution is -0.117. The van der Waals surface area contributed by atoms with E-state index in [9.17, 15) is 9.59 Å². The number of nitrogens with zero attached hydrogens (tertiary/aromatic N) is 1. The average Bonchev–Trinajstić information content (AvgIpc) is 2.96. The summed E-state index contributed by atoms with van der Waals surface area (Å²) >= 11 is 1.53. The first-order valence-corrected chi connectivity index (χ1v) is 6.35. The van der Waals surface area contributed by atoms with Crippen LogP contribution >= 0.6 is 11.3 Å². The Morgan fingerprint density at radius 1 is 1.16 bits per heavy atom. The maximum Gasteiger partial charge on any atom is 0.269 e. The molecule has 0 aromatic carbocycles. The summed E-state index contributed by atoms with van der Waals surface area (Å²) in [6, 6.07) is 6.91. The summed E-state index contributed by atoms with van der Waals surface area (Å²) in [5.41, 5.74) is 5.05. The molecule has 0 aliphatic rings. The highest BCUT2D eigenvalue weighted by Crippen LogP contribution is 2.09. The lowest BCUT2D eigenvalue weighted by Crippen LogP contribution is -2.40. The third-order valence-electron chi connectivity index (χ3n) is 2.18. The van der Waals surface area contributed by atoms with Crippen molar-refractivity contribution in [2.24, 2.45) is 0 Å². The summed E-state index contributed by atoms with van der Waals surface area (Å²) in [4.78, 5) is 27.8. The molecule has 19 heavy (non-hydrogen) atoms. The van der Waals surface area contributed by atoms with Gasteiger partial charge in [0.25, 0.3) is 11.8 Å². The molecule has 0 spiro atoms. The molecule has 0 aliphatic carbocycles. The van der Waals surface area contributed by atoms with Crippen LogP contribution in [0.1, 0.15) is 15.2 Å². The van der Waals surface area contributed by atoms with Crippen LogP contribution in [0, 0.1) is 0 Å². The van der Waals surface area contributed by atoms with Crippen LogP contribution < -0.4 is 10.9 Å². The molecule has 0 saturated carbocycles. The predicted molar refractivity (Wildman–Crippen MR) is 73.2 cm³/mol. The molecule has 0 fully saturated rings. The third kappa shape index (κ3) is 4.04. The molecule has 96 valence electrons. The summed E-state index contributed by atoms with van der Waals surface area (Å²) < 4.78 is 0. The standard InChI is InChI=1S/C13H11N3O2S/c17-12(4-3-11-2-1-9-19-11)15-16-13(18)10-5-7-14-8-6-10/h1-9H,(H,15,17)(H,16,18)/b4-3+. The number of carbonyl (C=O) groups is 2. The van der Waals surface area contributed by atoms with E-state index < -0.39 is 5.91 Å². The van der Waals surface area contributed by atoms with Crippen LogP contribution in [-0.2, 0) is 4.79 Å². The predicted octanol–water partition coefficient (Wildman–Crippen LogP) is 1.62. The fourth-order valence-corrected chi connectivity index (χ4v) is 1.90. The second-order valence-corrected chi connectivity index (χ2v) is 4.51. The molecule has 0 radical (unpaired) electrons. The molecule has 0 aliphatic heterocycles. The molecule has 2 aromatic rings. The van der Waals surface area contributed by atoms with Crippen LogP contribution in [0.25, 0.3) is 6.08 Å². The van der Waals surface area contributed by atoms with Crippen molar-refractivity contribution in [3.63, 3.8) is 0 Å². The number of rotatable bonds is 3. The van der Waals surface area contributed by atoms with Crippen LogP contribution in [0.3, 0.4) is 0 Å². The molecule has 2 rings (SSSR count). The van der Waals surface area contributed by atoms with Crippen LogP contribution in [-0.4, -0.2) is 16.8 Å². The molecule has 2 amide bonds. The van der Waals surface area contributed by atoms with E-state index >= 15 is 0 Å². The summed E-state index contributed by atoms with van der Waals surface area (Å²) in [7, 11) is 0. The van der Waals surface area contributed by atoms with Gasteiger partial charge >= 0.3 is 0 Å². The van der Waals surface area contributed by atoms with Crippen molar-refractivity contribution in [1.82, 2.24) is 15.8 Å². The van der Waals surface area contributed by atoms with Gasteiger partial charge in [-0.1, -0.05) is 6.07 Å². The van der Waals surface area contributed by atoms with E-state index in [-0.39, 0.29) is 5.91 Å². The fourth-order valence-electron chi connectivity index (χ4n) is 1.28. The molecule has 0 bridgehead atoms. The lowest BCUT2D eigenvalue weighted by Gasteiger charge is -2.04. The Morgan fingerprint density at radius 2 is 1.95 bits per heavy atom. The van der Waals surface area contributed by atoms with E-state index in [0.29, 0.717) is 5.56 Å². The first kappa shape index (κ1) is 13.0. The number of aromatic nitrogens is 1. The molecule has 2 N–H and O–H groups in total. The van der Waals surface area contributed by atoms with Crippen LogP contribution in [0.2, 0.25) is 0 Å². The van der Waals surface area contributed by atoms with Crippen LogP contribution in [0.4, 0.5) is 0 Å². The Hall–Kier alpha value is -2.47. The normalized spacial score (nSPS) is 10.3. The number of carbonyl (C=O) groups excluding carboxylic acids is 2. The molecular weight excluding hydrogens is 262 g/mol. The minimum Gasteiger partial charge on any atom is -0.268 e. The first-order valence-electron chi connectivity index (χ1n) is 5.47. The molecule has 2 heterocycles. The number of nitrogens with one attached hydrogen (secondary N) is 2.